The summed E-state index contributed by atoms with van der Waals surface area (Å²) in [6.45, 7) is 10.3. The van der Waals surface area contributed by atoms with Crippen LogP contribution in [0.25, 0.3) is 0 Å². The number of nitrogens with zero attached hydrogens (tertiary/aromatic N) is 2. The van der Waals surface area contributed by atoms with Crippen molar-refractivity contribution >= 4 is 5.82 Å². The Hall–Kier alpha value is -1.32. The Balaban J connectivity index is 2.07. The molecule has 1 aliphatic rings. The molecule has 0 bridgehead atoms. The molecule has 4 heteroatoms. The third-order valence-electron chi connectivity index (χ3n) is 2.92. The average Bonchev–Trinajstić information content (AvgIpc) is 3.18. The zero-order valence-corrected chi connectivity index (χ0v) is 12.4. The minimum absolute atomic E-state index is 0.506. The molecule has 2 rings (SSSR count). The lowest BCUT2D eigenvalue weighted by Crippen LogP contribution is -2.12. The molecule has 1 fully saturated rings. The summed E-state index contributed by atoms with van der Waals surface area (Å²) in [4.78, 5) is 9.11. The van der Waals surface area contributed by atoms with Crippen LogP contribution in [0.2, 0.25) is 0 Å². The van der Waals surface area contributed by atoms with E-state index in [2.05, 4.69) is 43.0 Å². The van der Waals surface area contributed by atoms with E-state index in [1.54, 1.807) is 0 Å². The number of anilines is 1. The Morgan fingerprint density at radius 2 is 1.95 bits per heavy atom. The summed E-state index contributed by atoms with van der Waals surface area (Å²) in [6, 6.07) is 1.91. The van der Waals surface area contributed by atoms with E-state index in [9.17, 15) is 0 Å². The lowest BCUT2D eigenvalue weighted by Gasteiger charge is -2.13. The van der Waals surface area contributed by atoms with Gasteiger partial charge in [0.25, 0.3) is 0 Å². The Bertz CT molecular complexity index is 384. The number of rotatable bonds is 7. The summed E-state index contributed by atoms with van der Waals surface area (Å²) >= 11 is 0. The summed E-state index contributed by atoms with van der Waals surface area (Å²) in [5.41, 5.74) is 0. The van der Waals surface area contributed by atoms with Gasteiger partial charge < -0.3 is 10.1 Å². The Kier molecular flexibility index (Phi) is 4.61. The fourth-order valence-electron chi connectivity index (χ4n) is 1.69. The third kappa shape index (κ3) is 4.69. The molecule has 4 nitrogen and oxygen atoms in total. The normalized spacial score (nSPS) is 15.1. The molecule has 106 valence electrons. The molecule has 0 aromatic carbocycles. The first kappa shape index (κ1) is 14.1. The van der Waals surface area contributed by atoms with Gasteiger partial charge in [-0.05, 0) is 24.7 Å². The van der Waals surface area contributed by atoms with Crippen LogP contribution in [-0.4, -0.2) is 23.1 Å². The van der Waals surface area contributed by atoms with Crippen LogP contribution in [0.4, 0.5) is 5.82 Å². The van der Waals surface area contributed by atoms with Gasteiger partial charge in [-0.2, -0.15) is 4.98 Å². The standard InChI is InChI=1S/C15H25N3O/c1-10(2)8-16-13-7-14(19-9-11(3)4)18-15(17-13)12-5-6-12/h7,10-12H,5-6,8-9H2,1-4H3,(H,16,17,18). The zero-order valence-electron chi connectivity index (χ0n) is 12.4. The molecule has 1 aliphatic carbocycles. The fourth-order valence-corrected chi connectivity index (χ4v) is 1.69. The van der Waals surface area contributed by atoms with Crippen LogP contribution in [0.3, 0.4) is 0 Å². The lowest BCUT2D eigenvalue weighted by molar-refractivity contribution is 0.260. The highest BCUT2D eigenvalue weighted by Gasteiger charge is 2.27. The van der Waals surface area contributed by atoms with Crippen molar-refractivity contribution < 1.29 is 4.74 Å². The molecule has 1 N–H and O–H groups in total. The molecule has 19 heavy (non-hydrogen) atoms. The lowest BCUT2D eigenvalue weighted by atomic mass is 10.2. The van der Waals surface area contributed by atoms with Crippen molar-refractivity contribution in [2.24, 2.45) is 11.8 Å². The van der Waals surface area contributed by atoms with Crippen molar-refractivity contribution in [2.45, 2.75) is 46.5 Å². The molecule has 0 aliphatic heterocycles. The first-order chi connectivity index (χ1) is 9.04. The molecule has 1 saturated carbocycles. The number of hydrogen-bond donors (Lipinski definition) is 1. The molecular formula is C15H25N3O. The van der Waals surface area contributed by atoms with E-state index in [4.69, 9.17) is 4.74 Å². The van der Waals surface area contributed by atoms with Crippen LogP contribution < -0.4 is 10.1 Å². The molecule has 0 spiro atoms. The molecule has 1 heterocycles. The van der Waals surface area contributed by atoms with Gasteiger partial charge in [0.05, 0.1) is 6.61 Å². The second-order valence-corrected chi connectivity index (χ2v) is 6.20. The predicted octanol–water partition coefficient (Wildman–Crippen LogP) is 3.46. The van der Waals surface area contributed by atoms with E-state index in [1.807, 2.05) is 6.07 Å². The Morgan fingerprint density at radius 1 is 1.21 bits per heavy atom. The van der Waals surface area contributed by atoms with Crippen LogP contribution in [-0.2, 0) is 0 Å². The topological polar surface area (TPSA) is 47.0 Å². The van der Waals surface area contributed by atoms with Gasteiger partial charge in [0.1, 0.15) is 11.6 Å². The Labute approximate surface area is 116 Å². The maximum absolute atomic E-state index is 5.74. The number of aromatic nitrogens is 2. The van der Waals surface area contributed by atoms with Crippen LogP contribution in [0.1, 0.15) is 52.3 Å². The van der Waals surface area contributed by atoms with E-state index < -0.39 is 0 Å². The molecule has 0 unspecified atom stereocenters. The average molecular weight is 263 g/mol. The summed E-state index contributed by atoms with van der Waals surface area (Å²) < 4.78 is 5.74. The van der Waals surface area contributed by atoms with Crippen molar-refractivity contribution in [2.75, 3.05) is 18.5 Å². The van der Waals surface area contributed by atoms with Gasteiger partial charge in [-0.25, -0.2) is 4.98 Å². The van der Waals surface area contributed by atoms with Crippen LogP contribution in [0.15, 0.2) is 6.07 Å². The number of hydrogen-bond acceptors (Lipinski definition) is 4. The van der Waals surface area contributed by atoms with Gasteiger partial charge in [0.2, 0.25) is 5.88 Å². The minimum atomic E-state index is 0.506. The highest BCUT2D eigenvalue weighted by atomic mass is 16.5. The first-order valence-corrected chi connectivity index (χ1v) is 7.30. The zero-order chi connectivity index (χ0) is 13.8. The summed E-state index contributed by atoms with van der Waals surface area (Å²) in [5, 5.41) is 3.36. The summed E-state index contributed by atoms with van der Waals surface area (Å²) in [7, 11) is 0. The largest absolute Gasteiger partial charge is 0.477 e. The van der Waals surface area contributed by atoms with Crippen LogP contribution >= 0.6 is 0 Å². The fraction of sp³-hybridized carbons (Fsp3) is 0.733. The second kappa shape index (κ2) is 6.22. The van der Waals surface area contributed by atoms with Crippen LogP contribution in [0.5, 0.6) is 5.88 Å². The van der Waals surface area contributed by atoms with Crippen molar-refractivity contribution in [3.05, 3.63) is 11.9 Å². The highest BCUT2D eigenvalue weighted by Crippen LogP contribution is 2.39. The van der Waals surface area contributed by atoms with Gasteiger partial charge in [0.15, 0.2) is 0 Å². The van der Waals surface area contributed by atoms with Gasteiger partial charge in [-0.15, -0.1) is 0 Å². The smallest absolute Gasteiger partial charge is 0.218 e. The van der Waals surface area contributed by atoms with Gasteiger partial charge in [0, 0.05) is 18.5 Å². The quantitative estimate of drug-likeness (QED) is 0.818. The molecule has 0 atom stereocenters. The van der Waals surface area contributed by atoms with E-state index in [-0.39, 0.29) is 0 Å². The summed E-state index contributed by atoms with van der Waals surface area (Å²) in [6.07, 6.45) is 2.41. The van der Waals surface area contributed by atoms with E-state index in [0.29, 0.717) is 30.2 Å². The predicted molar refractivity (Wildman–Crippen MR) is 77.7 cm³/mol. The molecule has 0 amide bonds. The van der Waals surface area contributed by atoms with Crippen molar-refractivity contribution in [3.63, 3.8) is 0 Å². The molecule has 1 aromatic rings. The van der Waals surface area contributed by atoms with Gasteiger partial charge in [-0.3, -0.25) is 0 Å². The van der Waals surface area contributed by atoms with E-state index in [0.717, 1.165) is 18.2 Å². The number of nitrogens with one attached hydrogen (secondary N) is 1. The van der Waals surface area contributed by atoms with Gasteiger partial charge in [-0.1, -0.05) is 27.7 Å². The maximum atomic E-state index is 5.74. The van der Waals surface area contributed by atoms with E-state index >= 15 is 0 Å². The SMILES string of the molecule is CC(C)CNc1cc(OCC(C)C)nc(C2CC2)n1. The first-order valence-electron chi connectivity index (χ1n) is 7.30. The minimum Gasteiger partial charge on any atom is -0.477 e. The highest BCUT2D eigenvalue weighted by molar-refractivity contribution is 5.39. The van der Waals surface area contributed by atoms with Crippen molar-refractivity contribution in [3.8, 4) is 5.88 Å². The molecule has 0 saturated heterocycles. The van der Waals surface area contributed by atoms with Crippen LogP contribution in [0, 0.1) is 11.8 Å². The van der Waals surface area contributed by atoms with E-state index in [1.165, 1.54) is 12.8 Å². The monoisotopic (exact) mass is 263 g/mol. The number of ether oxygens (including phenoxy) is 1. The van der Waals surface area contributed by atoms with Crippen molar-refractivity contribution in [1.82, 2.24) is 9.97 Å². The van der Waals surface area contributed by atoms with Gasteiger partial charge >= 0.3 is 0 Å². The molecule has 1 aromatic heterocycles. The molecule has 0 radical (unpaired) electrons. The van der Waals surface area contributed by atoms with Crippen molar-refractivity contribution in [1.29, 1.82) is 0 Å². The maximum Gasteiger partial charge on any atom is 0.218 e. The second-order valence-electron chi connectivity index (χ2n) is 6.20. The molecular weight excluding hydrogens is 238 g/mol. The third-order valence-corrected chi connectivity index (χ3v) is 2.92. The Morgan fingerprint density at radius 3 is 2.53 bits per heavy atom. The summed E-state index contributed by atoms with van der Waals surface area (Å²) in [5.74, 6) is 4.18.